The van der Waals surface area contributed by atoms with Crippen molar-refractivity contribution in [1.82, 2.24) is 21.0 Å². The number of furan rings is 1. The largest absolute Gasteiger partial charge is 0.504 e. The van der Waals surface area contributed by atoms with Gasteiger partial charge in [-0.1, -0.05) is 12.0 Å². The average molecular weight is 578 g/mol. The highest BCUT2D eigenvalue weighted by Gasteiger charge is 2.55. The van der Waals surface area contributed by atoms with Crippen molar-refractivity contribution >= 4 is 35.9 Å². The maximum atomic E-state index is 13.0. The number of phenolic OH excluding ortho intramolecular Hbond substituents is 1. The summed E-state index contributed by atoms with van der Waals surface area (Å²) in [5.74, 6) is 2.31. The molecule has 6 amide bonds. The van der Waals surface area contributed by atoms with Crippen LogP contribution in [0.25, 0.3) is 0 Å². The number of hydrogen-bond donors (Lipinski definition) is 4. The number of rotatable bonds is 10. The lowest BCUT2D eigenvalue weighted by Crippen LogP contribution is -2.64. The second-order valence-corrected chi connectivity index (χ2v) is 9.33. The maximum absolute atomic E-state index is 13.0. The van der Waals surface area contributed by atoms with Crippen molar-refractivity contribution in [2.24, 2.45) is 16.4 Å². The summed E-state index contributed by atoms with van der Waals surface area (Å²) in [4.78, 5) is 62.4. The summed E-state index contributed by atoms with van der Waals surface area (Å²) in [5, 5.41) is 18.8. The van der Waals surface area contributed by atoms with Crippen LogP contribution >= 0.6 is 0 Å². The number of hydrogen-bond acceptors (Lipinski definition) is 9. The van der Waals surface area contributed by atoms with E-state index >= 15 is 0 Å². The zero-order chi connectivity index (χ0) is 30.9. The van der Waals surface area contributed by atoms with E-state index in [4.69, 9.17) is 9.15 Å². The second-order valence-electron chi connectivity index (χ2n) is 9.33. The van der Waals surface area contributed by atoms with E-state index in [9.17, 15) is 29.1 Å². The van der Waals surface area contributed by atoms with E-state index in [2.05, 4.69) is 39.6 Å². The summed E-state index contributed by atoms with van der Waals surface area (Å²) in [5.41, 5.74) is 1.42. The number of nitrogens with zero attached hydrogens (tertiary/aromatic N) is 2. The molecular formula is C29H31N5O8. The number of imide groups is 2. The molecule has 0 unspecified atom stereocenters. The number of allylic oxidation sites excluding steroid dienone is 1. The molecule has 1 aliphatic heterocycles. The Labute approximate surface area is 242 Å². The minimum Gasteiger partial charge on any atom is -0.504 e. The van der Waals surface area contributed by atoms with Gasteiger partial charge in [-0.15, -0.1) is 12.5 Å². The lowest BCUT2D eigenvalue weighted by Gasteiger charge is -2.39. The number of aromatic hydroxyl groups is 1. The van der Waals surface area contributed by atoms with Crippen LogP contribution in [0, 0.1) is 23.2 Å². The molecule has 42 heavy (non-hydrogen) atoms. The minimum absolute atomic E-state index is 0.00513. The number of carbonyl (C=O) groups is 5. The Balaban J connectivity index is 1.67. The van der Waals surface area contributed by atoms with Gasteiger partial charge in [-0.05, 0) is 49.6 Å². The van der Waals surface area contributed by atoms with Crippen LogP contribution in [0.1, 0.15) is 36.7 Å². The Hall–Kier alpha value is -5.38. The van der Waals surface area contributed by atoms with Crippen LogP contribution in [-0.4, -0.2) is 60.0 Å². The van der Waals surface area contributed by atoms with E-state index in [0.29, 0.717) is 24.2 Å². The zero-order valence-electron chi connectivity index (χ0n) is 23.4. The van der Waals surface area contributed by atoms with Gasteiger partial charge in [0.1, 0.15) is 11.2 Å². The van der Waals surface area contributed by atoms with Gasteiger partial charge < -0.3 is 19.6 Å². The molecule has 0 saturated carbocycles. The number of benzene rings is 1. The molecule has 1 aliphatic rings. The first kappa shape index (κ1) is 31.2. The molecular weight excluding hydrogens is 546 g/mol. The Morgan fingerprint density at radius 3 is 2.74 bits per heavy atom. The number of methoxy groups -OCH3 is 1. The second kappa shape index (κ2) is 13.8. The van der Waals surface area contributed by atoms with Crippen molar-refractivity contribution in [3.05, 3.63) is 60.1 Å². The molecule has 220 valence electrons. The van der Waals surface area contributed by atoms with Gasteiger partial charge in [-0.3, -0.25) is 29.4 Å². The summed E-state index contributed by atoms with van der Waals surface area (Å²) >= 11 is 0. The molecule has 4 N–H and O–H groups in total. The summed E-state index contributed by atoms with van der Waals surface area (Å²) in [6.45, 7) is 5.32. The molecule has 1 aromatic carbocycles. The van der Waals surface area contributed by atoms with E-state index in [-0.39, 0.29) is 30.0 Å². The van der Waals surface area contributed by atoms with Crippen LogP contribution in [0.2, 0.25) is 0 Å². The molecule has 1 saturated heterocycles. The highest BCUT2D eigenvalue weighted by molar-refractivity contribution is 6.35. The van der Waals surface area contributed by atoms with Crippen molar-refractivity contribution < 1.29 is 38.2 Å². The van der Waals surface area contributed by atoms with E-state index in [1.165, 1.54) is 26.5 Å². The number of aryl methyl sites for hydroxylation is 1. The van der Waals surface area contributed by atoms with Gasteiger partial charge in [0.05, 0.1) is 26.1 Å². The van der Waals surface area contributed by atoms with E-state index in [1.807, 2.05) is 0 Å². The van der Waals surface area contributed by atoms with Gasteiger partial charge >= 0.3 is 17.8 Å². The van der Waals surface area contributed by atoms with Crippen LogP contribution in [-0.2, 0) is 32.1 Å². The number of ether oxygens (including phenoxy) is 1. The average Bonchev–Trinajstić information content (AvgIpc) is 3.50. The Morgan fingerprint density at radius 1 is 1.31 bits per heavy atom. The molecule has 0 radical (unpaired) electrons. The Bertz CT molecular complexity index is 1470. The first-order valence-electron chi connectivity index (χ1n) is 12.8. The monoisotopic (exact) mass is 577 g/mol. The van der Waals surface area contributed by atoms with Gasteiger partial charge in [-0.2, -0.15) is 5.10 Å². The first-order chi connectivity index (χ1) is 20.0. The van der Waals surface area contributed by atoms with Crippen molar-refractivity contribution in [2.75, 3.05) is 14.2 Å². The van der Waals surface area contributed by atoms with Gasteiger partial charge in [0.25, 0.3) is 0 Å². The molecule has 0 aliphatic carbocycles. The molecule has 13 nitrogen and oxygen atoms in total. The van der Waals surface area contributed by atoms with E-state index in [0.717, 1.165) is 11.1 Å². The smallest absolute Gasteiger partial charge is 0.330 e. The summed E-state index contributed by atoms with van der Waals surface area (Å²) < 4.78 is 10.3. The molecule has 2 aromatic rings. The van der Waals surface area contributed by atoms with Gasteiger partial charge in [-0.25, -0.2) is 10.2 Å². The number of barbiturate groups is 1. The quantitative estimate of drug-likeness (QED) is 0.0821. The molecule has 2 atom stereocenters. The van der Waals surface area contributed by atoms with Crippen LogP contribution in [0.15, 0.2) is 52.7 Å². The molecule has 0 spiro atoms. The highest BCUT2D eigenvalue weighted by Crippen LogP contribution is 2.37. The predicted molar refractivity (Wildman–Crippen MR) is 150 cm³/mol. The van der Waals surface area contributed by atoms with Gasteiger partial charge in [0.15, 0.2) is 11.5 Å². The van der Waals surface area contributed by atoms with E-state index < -0.39 is 41.0 Å². The fraction of sp³-hybridized carbons (Fsp3) is 0.310. The standard InChI is InChI=1S/C29H31N5O8/c1-5-12-29(26(38)32-28(40)34(3)27(29)39)18(2)9-6-7-10-19-14-20(23(35)22(15-19)41-4)16-31-33-25(37)24(36)30-17-21-11-8-13-42-21/h5,8,11,13-16,18,35H,1,7,10,12,17H2,2-4H3,(H,30,36)(H,33,37)(H,32,38,40)/b31-16+/t18-,29+/m0/s1. The van der Waals surface area contributed by atoms with Crippen molar-refractivity contribution in [3.8, 4) is 23.3 Å². The lowest BCUT2D eigenvalue weighted by atomic mass is 9.71. The third kappa shape index (κ3) is 6.84. The molecule has 2 heterocycles. The summed E-state index contributed by atoms with van der Waals surface area (Å²) in [6.07, 6.45) is 4.76. The number of phenols is 1. The van der Waals surface area contributed by atoms with Crippen LogP contribution < -0.4 is 20.8 Å². The zero-order valence-corrected chi connectivity index (χ0v) is 23.4. The van der Waals surface area contributed by atoms with Gasteiger partial charge in [0.2, 0.25) is 11.8 Å². The predicted octanol–water partition coefficient (Wildman–Crippen LogP) is 1.60. The number of carbonyl (C=O) groups excluding carboxylic acids is 5. The maximum Gasteiger partial charge on any atom is 0.330 e. The lowest BCUT2D eigenvalue weighted by molar-refractivity contribution is -0.152. The van der Waals surface area contributed by atoms with Crippen LogP contribution in [0.3, 0.4) is 0 Å². The van der Waals surface area contributed by atoms with Crippen molar-refractivity contribution in [2.45, 2.75) is 32.7 Å². The van der Waals surface area contributed by atoms with Crippen LogP contribution in [0.4, 0.5) is 4.79 Å². The van der Waals surface area contributed by atoms with E-state index in [1.54, 1.807) is 31.2 Å². The van der Waals surface area contributed by atoms with Crippen molar-refractivity contribution in [1.29, 1.82) is 0 Å². The molecule has 1 fully saturated rings. The summed E-state index contributed by atoms with van der Waals surface area (Å²) in [6, 6.07) is 5.71. The number of urea groups is 1. The fourth-order valence-electron chi connectivity index (χ4n) is 4.26. The van der Waals surface area contributed by atoms with Gasteiger partial charge in [0, 0.05) is 24.9 Å². The topological polar surface area (TPSA) is 180 Å². The Kier molecular flexibility index (Phi) is 10.2. The molecule has 3 rings (SSSR count). The number of hydrazone groups is 1. The fourth-order valence-corrected chi connectivity index (χ4v) is 4.26. The third-order valence-electron chi connectivity index (χ3n) is 6.64. The van der Waals surface area contributed by atoms with Crippen molar-refractivity contribution in [3.63, 3.8) is 0 Å². The highest BCUT2D eigenvalue weighted by atomic mass is 16.5. The molecule has 0 bridgehead atoms. The number of amides is 6. The third-order valence-corrected chi connectivity index (χ3v) is 6.64. The SMILES string of the molecule is C=CC[C@@]1([C@@H](C)C#CCCc2cc(/C=N/NC(=O)C(=O)NCc3ccco3)c(O)c(OC)c2)C(=O)NC(=O)N(C)C1=O. The summed E-state index contributed by atoms with van der Waals surface area (Å²) in [7, 11) is 2.67. The normalized spacial score (nSPS) is 17.2. The first-order valence-corrected chi connectivity index (χ1v) is 12.8. The Morgan fingerprint density at radius 2 is 2.07 bits per heavy atom. The number of nitrogens with one attached hydrogen (secondary N) is 3. The minimum atomic E-state index is -1.58. The molecule has 13 heteroatoms. The van der Waals surface area contributed by atoms with Crippen LogP contribution in [0.5, 0.6) is 11.5 Å². The molecule has 1 aromatic heterocycles.